The molecule has 12 heteroatoms. The highest BCUT2D eigenvalue weighted by atomic mass is 19.4. The molecule has 0 bridgehead atoms. The first-order valence-electron chi connectivity index (χ1n) is 6.31. The lowest BCUT2D eigenvalue weighted by Crippen LogP contribution is -2.64. The van der Waals surface area contributed by atoms with E-state index in [2.05, 4.69) is 13.2 Å². The summed E-state index contributed by atoms with van der Waals surface area (Å²) >= 11 is 0. The SMILES string of the molecule is C=CCC(F)(F)C(F)(F)CC(F)(F)C(F)(F)C(F)(CC=C)C(F)(F)F. The summed E-state index contributed by atoms with van der Waals surface area (Å²) in [5.41, 5.74) is -5.99. The third kappa shape index (κ3) is 4.08. The zero-order valence-corrected chi connectivity index (χ0v) is 12.2. The number of alkyl halides is 12. The van der Waals surface area contributed by atoms with Crippen molar-refractivity contribution in [1.82, 2.24) is 0 Å². The van der Waals surface area contributed by atoms with Gasteiger partial charge in [-0.2, -0.15) is 48.3 Å². The van der Waals surface area contributed by atoms with E-state index in [1.165, 1.54) is 0 Å². The lowest BCUT2D eigenvalue weighted by atomic mass is 9.85. The third-order valence-corrected chi connectivity index (χ3v) is 3.21. The quantitative estimate of drug-likeness (QED) is 0.315. The molecule has 0 aromatic heterocycles. The van der Waals surface area contributed by atoms with Gasteiger partial charge in [0.25, 0.3) is 5.67 Å². The summed E-state index contributed by atoms with van der Waals surface area (Å²) < 4.78 is 158. The molecular weight excluding hydrogens is 384 g/mol. The van der Waals surface area contributed by atoms with Crippen molar-refractivity contribution in [2.45, 2.75) is 54.8 Å². The summed E-state index contributed by atoms with van der Waals surface area (Å²) in [5.74, 6) is -24.4. The van der Waals surface area contributed by atoms with Crippen LogP contribution >= 0.6 is 0 Å². The van der Waals surface area contributed by atoms with Crippen LogP contribution in [0.3, 0.4) is 0 Å². The van der Waals surface area contributed by atoms with Crippen molar-refractivity contribution >= 4 is 0 Å². The Hall–Kier alpha value is -1.36. The first-order chi connectivity index (χ1) is 10.8. The van der Waals surface area contributed by atoms with Crippen LogP contribution in [-0.4, -0.2) is 35.5 Å². The number of halogens is 12. The molecule has 0 aromatic rings. The fraction of sp³-hybridized carbons (Fsp3) is 0.692. The molecule has 0 aliphatic carbocycles. The molecule has 0 fully saturated rings. The molecule has 0 amide bonds. The van der Waals surface area contributed by atoms with Gasteiger partial charge in [-0.3, -0.25) is 0 Å². The number of hydrogen-bond acceptors (Lipinski definition) is 0. The van der Waals surface area contributed by atoms with Crippen LogP contribution in [0.15, 0.2) is 25.3 Å². The topological polar surface area (TPSA) is 0 Å². The maximum absolute atomic E-state index is 13.7. The molecular formula is C13H12F12. The van der Waals surface area contributed by atoms with E-state index >= 15 is 0 Å². The predicted octanol–water partition coefficient (Wildman–Crippen LogP) is 6.34. The summed E-state index contributed by atoms with van der Waals surface area (Å²) in [4.78, 5) is 0. The van der Waals surface area contributed by atoms with Crippen molar-refractivity contribution in [3.05, 3.63) is 25.3 Å². The molecule has 0 rings (SSSR count). The maximum Gasteiger partial charge on any atom is 0.429 e. The molecule has 1 unspecified atom stereocenters. The molecule has 0 saturated carbocycles. The largest absolute Gasteiger partial charge is 0.429 e. The summed E-state index contributed by atoms with van der Waals surface area (Å²) in [5, 5.41) is 0. The normalized spacial score (nSPS) is 17.1. The highest BCUT2D eigenvalue weighted by Crippen LogP contribution is 2.57. The van der Waals surface area contributed by atoms with E-state index in [0.29, 0.717) is 0 Å². The Balaban J connectivity index is 6.04. The van der Waals surface area contributed by atoms with Crippen LogP contribution in [0.2, 0.25) is 0 Å². The van der Waals surface area contributed by atoms with Crippen molar-refractivity contribution in [3.8, 4) is 0 Å². The standard InChI is InChI=1S/C13H12F12/c1-3-5-8(14,13(23,24)25)12(21,22)11(19,20)7-10(17,18)9(15,16)6-4-2/h3-4H,1-2,5-7H2. The van der Waals surface area contributed by atoms with E-state index in [-0.39, 0.29) is 12.2 Å². The van der Waals surface area contributed by atoms with Gasteiger partial charge in [-0.05, 0) is 0 Å². The molecule has 0 aromatic carbocycles. The molecule has 0 aliphatic heterocycles. The van der Waals surface area contributed by atoms with Gasteiger partial charge < -0.3 is 0 Å². The molecule has 0 radical (unpaired) electrons. The number of hydrogen-bond donors (Lipinski definition) is 0. The first kappa shape index (κ1) is 23.6. The van der Waals surface area contributed by atoms with Gasteiger partial charge in [0.15, 0.2) is 0 Å². The molecule has 1 atom stereocenters. The lowest BCUT2D eigenvalue weighted by molar-refractivity contribution is -0.365. The van der Waals surface area contributed by atoms with Gasteiger partial charge in [-0.1, -0.05) is 12.2 Å². The summed E-state index contributed by atoms with van der Waals surface area (Å²) in [6, 6.07) is 0. The summed E-state index contributed by atoms with van der Waals surface area (Å²) in [7, 11) is 0. The lowest BCUT2D eigenvalue weighted by Gasteiger charge is -2.40. The van der Waals surface area contributed by atoms with Gasteiger partial charge >= 0.3 is 29.9 Å². The highest BCUT2D eigenvalue weighted by molar-refractivity contribution is 5.11. The highest BCUT2D eigenvalue weighted by Gasteiger charge is 2.80. The van der Waals surface area contributed by atoms with Gasteiger partial charge in [0, 0.05) is 12.8 Å². The van der Waals surface area contributed by atoms with Crippen molar-refractivity contribution in [2.75, 3.05) is 0 Å². The number of allylic oxidation sites excluding steroid dienone is 2. The Bertz CT molecular complexity index is 490. The zero-order chi connectivity index (χ0) is 20.5. The van der Waals surface area contributed by atoms with Gasteiger partial charge in [-0.25, -0.2) is 4.39 Å². The second kappa shape index (κ2) is 6.75. The Kier molecular flexibility index (Phi) is 6.38. The molecule has 0 spiro atoms. The van der Waals surface area contributed by atoms with E-state index in [1.54, 1.807) is 0 Å². The summed E-state index contributed by atoms with van der Waals surface area (Å²) in [6.45, 7) is 5.13. The predicted molar refractivity (Wildman–Crippen MR) is 63.9 cm³/mol. The molecule has 25 heavy (non-hydrogen) atoms. The Morgan fingerprint density at radius 3 is 1.28 bits per heavy atom. The second-order valence-electron chi connectivity index (χ2n) is 5.15. The van der Waals surface area contributed by atoms with Crippen molar-refractivity contribution in [2.24, 2.45) is 0 Å². The molecule has 0 aliphatic rings. The van der Waals surface area contributed by atoms with Crippen LogP contribution in [0.25, 0.3) is 0 Å². The van der Waals surface area contributed by atoms with Crippen LogP contribution in [-0.2, 0) is 0 Å². The Morgan fingerprint density at radius 1 is 0.560 bits per heavy atom. The van der Waals surface area contributed by atoms with Crippen molar-refractivity contribution in [3.63, 3.8) is 0 Å². The van der Waals surface area contributed by atoms with E-state index < -0.39 is 54.8 Å². The minimum absolute atomic E-state index is 0.123. The van der Waals surface area contributed by atoms with Crippen molar-refractivity contribution in [1.29, 1.82) is 0 Å². The Morgan fingerprint density at radius 2 is 0.960 bits per heavy atom. The first-order valence-corrected chi connectivity index (χ1v) is 6.31. The minimum Gasteiger partial charge on any atom is -0.226 e. The van der Waals surface area contributed by atoms with Crippen LogP contribution in [0.4, 0.5) is 52.7 Å². The van der Waals surface area contributed by atoms with Gasteiger partial charge in [0.1, 0.15) is 0 Å². The summed E-state index contributed by atoms with van der Waals surface area (Å²) in [6.07, 6.45) is -14.6. The molecule has 0 saturated heterocycles. The fourth-order valence-electron chi connectivity index (χ4n) is 1.76. The van der Waals surface area contributed by atoms with E-state index in [9.17, 15) is 52.7 Å². The van der Waals surface area contributed by atoms with Crippen LogP contribution in [0, 0.1) is 0 Å². The Labute approximate surface area is 134 Å². The van der Waals surface area contributed by atoms with Crippen molar-refractivity contribution < 1.29 is 52.7 Å². The van der Waals surface area contributed by atoms with E-state index in [0.717, 1.165) is 0 Å². The monoisotopic (exact) mass is 396 g/mol. The minimum atomic E-state index is -6.78. The zero-order valence-electron chi connectivity index (χ0n) is 12.2. The van der Waals surface area contributed by atoms with Crippen LogP contribution < -0.4 is 0 Å². The number of rotatable bonds is 9. The van der Waals surface area contributed by atoms with E-state index in [4.69, 9.17) is 0 Å². The van der Waals surface area contributed by atoms with Gasteiger partial charge in [0.2, 0.25) is 0 Å². The average Bonchev–Trinajstić information content (AvgIpc) is 2.35. The van der Waals surface area contributed by atoms with E-state index in [1.807, 2.05) is 0 Å². The van der Waals surface area contributed by atoms with Crippen LogP contribution in [0.5, 0.6) is 0 Å². The fourth-order valence-corrected chi connectivity index (χ4v) is 1.76. The molecule has 148 valence electrons. The average molecular weight is 396 g/mol. The van der Waals surface area contributed by atoms with Crippen LogP contribution in [0.1, 0.15) is 19.3 Å². The molecule has 0 heterocycles. The second-order valence-corrected chi connectivity index (χ2v) is 5.15. The van der Waals surface area contributed by atoms with Gasteiger partial charge in [0.05, 0.1) is 6.42 Å². The third-order valence-electron chi connectivity index (χ3n) is 3.21. The molecule has 0 N–H and O–H groups in total. The van der Waals surface area contributed by atoms with Gasteiger partial charge in [-0.15, -0.1) is 13.2 Å². The maximum atomic E-state index is 13.7. The molecule has 0 nitrogen and oxygen atoms in total. The smallest absolute Gasteiger partial charge is 0.226 e.